The van der Waals surface area contributed by atoms with Crippen LogP contribution in [0.1, 0.15) is 25.8 Å². The fourth-order valence-electron chi connectivity index (χ4n) is 1.98. The topological polar surface area (TPSA) is 61.4 Å². The zero-order chi connectivity index (χ0) is 15.5. The quantitative estimate of drug-likeness (QED) is 0.558. The van der Waals surface area contributed by atoms with E-state index in [4.69, 9.17) is 0 Å². The number of nitrogens with one attached hydrogen (secondary N) is 2. The van der Waals surface area contributed by atoms with Crippen LogP contribution in [0.25, 0.3) is 0 Å². The molecule has 0 unspecified atom stereocenters. The van der Waals surface area contributed by atoms with Crippen LogP contribution in [0.5, 0.6) is 0 Å². The molecule has 0 saturated carbocycles. The molecule has 0 atom stereocenters. The maximum Gasteiger partial charge on any atom is 0.309 e. The second kappa shape index (κ2) is 9.94. The lowest BCUT2D eigenvalue weighted by atomic mass is 10.2. The fraction of sp³-hybridized carbons (Fsp3) is 0.500. The Morgan fingerprint density at radius 3 is 2.24 bits per heavy atom. The molecule has 2 amide bonds. The molecule has 0 fully saturated rings. The van der Waals surface area contributed by atoms with Crippen LogP contribution >= 0.6 is 0 Å². The SMILES string of the molecule is CCN(CC)CCCNC(=O)C(=O)NCc1ccccc1. The molecule has 0 saturated heterocycles. The van der Waals surface area contributed by atoms with Gasteiger partial charge in [-0.15, -0.1) is 0 Å². The van der Waals surface area contributed by atoms with Crippen LogP contribution in [-0.4, -0.2) is 42.9 Å². The minimum absolute atomic E-state index is 0.368. The highest BCUT2D eigenvalue weighted by Gasteiger charge is 2.12. The molecule has 5 heteroatoms. The zero-order valence-electron chi connectivity index (χ0n) is 12.9. The van der Waals surface area contributed by atoms with E-state index >= 15 is 0 Å². The van der Waals surface area contributed by atoms with Gasteiger partial charge in [-0.2, -0.15) is 0 Å². The monoisotopic (exact) mass is 291 g/mol. The first-order chi connectivity index (χ1) is 10.2. The standard InChI is InChI=1S/C16H25N3O2/c1-3-19(4-2)12-8-11-17-15(20)16(21)18-13-14-9-6-5-7-10-14/h5-7,9-10H,3-4,8,11-13H2,1-2H3,(H,17,20)(H,18,21). The van der Waals surface area contributed by atoms with Gasteiger partial charge in [0.2, 0.25) is 0 Å². The van der Waals surface area contributed by atoms with Crippen molar-refractivity contribution in [3.63, 3.8) is 0 Å². The van der Waals surface area contributed by atoms with Gasteiger partial charge >= 0.3 is 11.8 Å². The lowest BCUT2D eigenvalue weighted by Gasteiger charge is -2.17. The number of benzene rings is 1. The number of rotatable bonds is 8. The molecular weight excluding hydrogens is 266 g/mol. The summed E-state index contributed by atoms with van der Waals surface area (Å²) in [5, 5.41) is 5.25. The van der Waals surface area contributed by atoms with Crippen LogP contribution in [0.3, 0.4) is 0 Å². The van der Waals surface area contributed by atoms with Crippen molar-refractivity contribution in [3.8, 4) is 0 Å². The normalized spacial score (nSPS) is 10.4. The van der Waals surface area contributed by atoms with Crippen molar-refractivity contribution in [2.75, 3.05) is 26.2 Å². The van der Waals surface area contributed by atoms with Crippen molar-refractivity contribution in [1.29, 1.82) is 0 Å². The molecule has 5 nitrogen and oxygen atoms in total. The molecule has 1 aromatic carbocycles. The fourth-order valence-corrected chi connectivity index (χ4v) is 1.98. The van der Waals surface area contributed by atoms with Gasteiger partial charge in [0.05, 0.1) is 0 Å². The Morgan fingerprint density at radius 1 is 1.00 bits per heavy atom. The van der Waals surface area contributed by atoms with Gasteiger partial charge in [0.15, 0.2) is 0 Å². The molecule has 1 rings (SSSR count). The summed E-state index contributed by atoms with van der Waals surface area (Å²) in [7, 11) is 0. The molecular formula is C16H25N3O2. The molecule has 0 heterocycles. The summed E-state index contributed by atoms with van der Waals surface area (Å²) in [6, 6.07) is 9.52. The van der Waals surface area contributed by atoms with Crippen molar-refractivity contribution < 1.29 is 9.59 Å². The number of hydrogen-bond acceptors (Lipinski definition) is 3. The average Bonchev–Trinajstić information content (AvgIpc) is 2.53. The third-order valence-corrected chi connectivity index (χ3v) is 3.33. The summed E-state index contributed by atoms with van der Waals surface area (Å²) in [6.45, 7) is 8.04. The lowest BCUT2D eigenvalue weighted by molar-refractivity contribution is -0.139. The van der Waals surface area contributed by atoms with Gasteiger partial charge < -0.3 is 15.5 Å². The van der Waals surface area contributed by atoms with E-state index in [0.29, 0.717) is 13.1 Å². The molecule has 0 aliphatic rings. The Labute approximate surface area is 126 Å². The number of carbonyl (C=O) groups excluding carboxylic acids is 2. The molecule has 0 aliphatic carbocycles. The lowest BCUT2D eigenvalue weighted by Crippen LogP contribution is -2.40. The summed E-state index contributed by atoms with van der Waals surface area (Å²) >= 11 is 0. The Hall–Kier alpha value is -1.88. The van der Waals surface area contributed by atoms with E-state index in [2.05, 4.69) is 29.4 Å². The average molecular weight is 291 g/mol. The van der Waals surface area contributed by atoms with E-state index in [0.717, 1.165) is 31.6 Å². The summed E-state index contributed by atoms with van der Waals surface area (Å²) in [6.07, 6.45) is 0.847. The van der Waals surface area contributed by atoms with Crippen LogP contribution in [0.15, 0.2) is 30.3 Å². The maximum atomic E-state index is 11.6. The summed E-state index contributed by atoms with van der Waals surface area (Å²) in [4.78, 5) is 25.5. The van der Waals surface area contributed by atoms with E-state index in [-0.39, 0.29) is 0 Å². The molecule has 1 aromatic rings. The summed E-state index contributed by atoms with van der Waals surface area (Å²) in [5.74, 6) is -1.15. The predicted molar refractivity (Wildman–Crippen MR) is 83.7 cm³/mol. The molecule has 0 spiro atoms. The number of nitrogens with zero attached hydrogens (tertiary/aromatic N) is 1. The molecule has 21 heavy (non-hydrogen) atoms. The van der Waals surface area contributed by atoms with Crippen molar-refractivity contribution in [3.05, 3.63) is 35.9 Å². The Kier molecular flexibility index (Phi) is 8.12. The second-order valence-electron chi connectivity index (χ2n) is 4.80. The van der Waals surface area contributed by atoms with Crippen LogP contribution in [-0.2, 0) is 16.1 Å². The molecule has 2 N–H and O–H groups in total. The van der Waals surface area contributed by atoms with Gasteiger partial charge in [-0.3, -0.25) is 9.59 Å². The van der Waals surface area contributed by atoms with Gasteiger partial charge in [0.1, 0.15) is 0 Å². The van der Waals surface area contributed by atoms with E-state index in [1.165, 1.54) is 0 Å². The Balaban J connectivity index is 2.18. The number of carbonyl (C=O) groups is 2. The van der Waals surface area contributed by atoms with Gasteiger partial charge in [0, 0.05) is 13.1 Å². The van der Waals surface area contributed by atoms with Crippen molar-refractivity contribution >= 4 is 11.8 Å². The van der Waals surface area contributed by atoms with Gasteiger partial charge in [-0.1, -0.05) is 44.2 Å². The van der Waals surface area contributed by atoms with Gasteiger partial charge in [0.25, 0.3) is 0 Å². The molecule has 0 radical (unpaired) electrons. The number of amides is 2. The van der Waals surface area contributed by atoms with Crippen LogP contribution in [0.2, 0.25) is 0 Å². The van der Waals surface area contributed by atoms with E-state index in [1.807, 2.05) is 30.3 Å². The van der Waals surface area contributed by atoms with Crippen molar-refractivity contribution in [1.82, 2.24) is 15.5 Å². The van der Waals surface area contributed by atoms with Crippen LogP contribution in [0.4, 0.5) is 0 Å². The largest absolute Gasteiger partial charge is 0.348 e. The molecule has 116 valence electrons. The predicted octanol–water partition coefficient (Wildman–Crippen LogP) is 1.15. The van der Waals surface area contributed by atoms with Crippen LogP contribution in [0, 0.1) is 0 Å². The first-order valence-corrected chi connectivity index (χ1v) is 7.49. The smallest absolute Gasteiger partial charge is 0.309 e. The van der Waals surface area contributed by atoms with Gasteiger partial charge in [-0.25, -0.2) is 0 Å². The van der Waals surface area contributed by atoms with Crippen molar-refractivity contribution in [2.24, 2.45) is 0 Å². The highest BCUT2D eigenvalue weighted by Crippen LogP contribution is 1.96. The van der Waals surface area contributed by atoms with Crippen molar-refractivity contribution in [2.45, 2.75) is 26.8 Å². The molecule has 0 aromatic heterocycles. The Bertz CT molecular complexity index is 430. The number of hydrogen-bond donors (Lipinski definition) is 2. The highest BCUT2D eigenvalue weighted by atomic mass is 16.2. The third kappa shape index (κ3) is 6.90. The first kappa shape index (κ1) is 17.2. The maximum absolute atomic E-state index is 11.6. The van der Waals surface area contributed by atoms with Gasteiger partial charge in [-0.05, 0) is 31.6 Å². The van der Waals surface area contributed by atoms with E-state index in [1.54, 1.807) is 0 Å². The minimum Gasteiger partial charge on any atom is -0.348 e. The molecule has 0 bridgehead atoms. The zero-order valence-corrected chi connectivity index (χ0v) is 12.9. The first-order valence-electron chi connectivity index (χ1n) is 7.49. The highest BCUT2D eigenvalue weighted by molar-refractivity contribution is 6.35. The summed E-state index contributed by atoms with van der Waals surface area (Å²) < 4.78 is 0. The van der Waals surface area contributed by atoms with E-state index in [9.17, 15) is 9.59 Å². The van der Waals surface area contributed by atoms with Crippen LogP contribution < -0.4 is 10.6 Å². The second-order valence-corrected chi connectivity index (χ2v) is 4.80. The molecule has 0 aliphatic heterocycles. The Morgan fingerprint density at radius 2 is 1.62 bits per heavy atom. The summed E-state index contributed by atoms with van der Waals surface area (Å²) in [5.41, 5.74) is 0.972. The van der Waals surface area contributed by atoms with E-state index < -0.39 is 11.8 Å². The minimum atomic E-state index is -0.582. The third-order valence-electron chi connectivity index (χ3n) is 3.33.